The third kappa shape index (κ3) is 2.20. The van der Waals surface area contributed by atoms with Crippen LogP contribution < -0.4 is 9.47 Å². The molecule has 0 amide bonds. The highest BCUT2D eigenvalue weighted by atomic mass is 79.9. The molecule has 5 heteroatoms. The second kappa shape index (κ2) is 4.87. The second-order valence-electron chi connectivity index (χ2n) is 3.59. The highest BCUT2D eigenvalue weighted by Gasteiger charge is 2.10. The lowest BCUT2D eigenvalue weighted by Gasteiger charge is -2.09. The van der Waals surface area contributed by atoms with Crippen molar-refractivity contribution in [2.75, 3.05) is 14.2 Å². The van der Waals surface area contributed by atoms with Gasteiger partial charge in [-0.2, -0.15) is 0 Å². The van der Waals surface area contributed by atoms with Gasteiger partial charge >= 0.3 is 0 Å². The first kappa shape index (κ1) is 12.1. The standard InChI is InChI=1S/C12H13BrN2O2/c1-7-10(6-13)15-9-5-12(17-3)11(16-2)4-8(9)14-7/h4-5H,6H2,1-3H3. The molecule has 0 aliphatic heterocycles. The lowest BCUT2D eigenvalue weighted by atomic mass is 10.2. The Morgan fingerprint density at radius 3 is 2.06 bits per heavy atom. The van der Waals surface area contributed by atoms with Crippen molar-refractivity contribution in [3.8, 4) is 11.5 Å². The molecule has 0 aliphatic rings. The molecular weight excluding hydrogens is 284 g/mol. The molecular formula is C12H13BrN2O2. The van der Waals surface area contributed by atoms with Gasteiger partial charge in [-0.1, -0.05) is 15.9 Å². The number of alkyl halides is 1. The van der Waals surface area contributed by atoms with E-state index in [1.54, 1.807) is 14.2 Å². The van der Waals surface area contributed by atoms with E-state index in [1.165, 1.54) is 0 Å². The van der Waals surface area contributed by atoms with Crippen molar-refractivity contribution in [1.82, 2.24) is 9.97 Å². The summed E-state index contributed by atoms with van der Waals surface area (Å²) in [4.78, 5) is 9.03. The first-order valence-corrected chi connectivity index (χ1v) is 6.27. The van der Waals surface area contributed by atoms with Gasteiger partial charge in [0.15, 0.2) is 11.5 Å². The number of hydrogen-bond donors (Lipinski definition) is 0. The van der Waals surface area contributed by atoms with Crippen molar-refractivity contribution < 1.29 is 9.47 Å². The molecule has 1 aromatic carbocycles. The van der Waals surface area contributed by atoms with Gasteiger partial charge in [0.05, 0.1) is 36.6 Å². The number of methoxy groups -OCH3 is 2. The average molecular weight is 297 g/mol. The Morgan fingerprint density at radius 1 is 1.06 bits per heavy atom. The van der Waals surface area contributed by atoms with Crippen molar-refractivity contribution in [3.05, 3.63) is 23.5 Å². The number of halogens is 1. The Kier molecular flexibility index (Phi) is 3.47. The Bertz CT molecular complexity index is 558. The quantitative estimate of drug-likeness (QED) is 0.817. The summed E-state index contributed by atoms with van der Waals surface area (Å²) in [5, 5.41) is 0.691. The van der Waals surface area contributed by atoms with Crippen molar-refractivity contribution in [2.45, 2.75) is 12.3 Å². The van der Waals surface area contributed by atoms with E-state index in [-0.39, 0.29) is 0 Å². The molecule has 0 bridgehead atoms. The molecule has 1 aromatic heterocycles. The predicted octanol–water partition coefficient (Wildman–Crippen LogP) is 2.85. The molecule has 2 aromatic rings. The van der Waals surface area contributed by atoms with E-state index >= 15 is 0 Å². The van der Waals surface area contributed by atoms with E-state index in [0.29, 0.717) is 16.8 Å². The second-order valence-corrected chi connectivity index (χ2v) is 4.15. The number of ether oxygens (including phenoxy) is 2. The largest absolute Gasteiger partial charge is 0.493 e. The van der Waals surface area contributed by atoms with E-state index in [1.807, 2.05) is 19.1 Å². The minimum atomic E-state index is 0.665. The molecule has 0 spiro atoms. The third-order valence-electron chi connectivity index (χ3n) is 2.57. The van der Waals surface area contributed by atoms with E-state index < -0.39 is 0 Å². The molecule has 0 N–H and O–H groups in total. The minimum absolute atomic E-state index is 0.665. The van der Waals surface area contributed by atoms with Crippen LogP contribution in [-0.2, 0) is 5.33 Å². The van der Waals surface area contributed by atoms with Gasteiger partial charge in [0, 0.05) is 17.5 Å². The van der Waals surface area contributed by atoms with Crippen LogP contribution in [0.15, 0.2) is 12.1 Å². The zero-order valence-electron chi connectivity index (χ0n) is 9.95. The number of benzene rings is 1. The summed E-state index contributed by atoms with van der Waals surface area (Å²) in [6, 6.07) is 3.68. The van der Waals surface area contributed by atoms with Gasteiger partial charge < -0.3 is 9.47 Å². The molecule has 0 aliphatic carbocycles. The Morgan fingerprint density at radius 2 is 1.59 bits per heavy atom. The summed E-state index contributed by atoms with van der Waals surface area (Å²) in [6.45, 7) is 1.94. The van der Waals surface area contributed by atoms with Crippen LogP contribution in [0.2, 0.25) is 0 Å². The van der Waals surface area contributed by atoms with Crippen molar-refractivity contribution in [3.63, 3.8) is 0 Å². The number of nitrogens with zero attached hydrogens (tertiary/aromatic N) is 2. The first-order valence-electron chi connectivity index (χ1n) is 5.14. The van der Waals surface area contributed by atoms with Gasteiger partial charge in [0.25, 0.3) is 0 Å². The van der Waals surface area contributed by atoms with Gasteiger partial charge in [0.2, 0.25) is 0 Å². The number of aryl methyl sites for hydroxylation is 1. The summed E-state index contributed by atoms with van der Waals surface area (Å²) in [5.41, 5.74) is 3.47. The monoisotopic (exact) mass is 296 g/mol. The van der Waals surface area contributed by atoms with Gasteiger partial charge in [-0.3, -0.25) is 0 Å². The van der Waals surface area contributed by atoms with Crippen LogP contribution in [0.25, 0.3) is 11.0 Å². The maximum atomic E-state index is 5.24. The summed E-state index contributed by atoms with van der Waals surface area (Å²) in [5.74, 6) is 1.33. The lowest BCUT2D eigenvalue weighted by Crippen LogP contribution is -1.98. The zero-order valence-corrected chi connectivity index (χ0v) is 11.5. The van der Waals surface area contributed by atoms with Crippen LogP contribution in [0.1, 0.15) is 11.4 Å². The van der Waals surface area contributed by atoms with Gasteiger partial charge in [0.1, 0.15) is 0 Å². The lowest BCUT2D eigenvalue weighted by molar-refractivity contribution is 0.355. The molecule has 0 unspecified atom stereocenters. The molecule has 90 valence electrons. The number of fused-ring (bicyclic) bond motifs is 1. The number of hydrogen-bond acceptors (Lipinski definition) is 4. The van der Waals surface area contributed by atoms with Gasteiger partial charge in [-0.25, -0.2) is 9.97 Å². The molecule has 17 heavy (non-hydrogen) atoms. The highest BCUT2D eigenvalue weighted by Crippen LogP contribution is 2.31. The fourth-order valence-electron chi connectivity index (χ4n) is 1.63. The maximum absolute atomic E-state index is 5.24. The number of rotatable bonds is 3. The SMILES string of the molecule is COc1cc2nc(C)c(CBr)nc2cc1OC. The van der Waals surface area contributed by atoms with Crippen molar-refractivity contribution in [2.24, 2.45) is 0 Å². The van der Waals surface area contributed by atoms with Crippen LogP contribution in [0.4, 0.5) is 0 Å². The van der Waals surface area contributed by atoms with E-state index in [9.17, 15) is 0 Å². The van der Waals surface area contributed by atoms with Crippen LogP contribution in [0.5, 0.6) is 11.5 Å². The smallest absolute Gasteiger partial charge is 0.163 e. The first-order chi connectivity index (χ1) is 8.19. The molecule has 0 saturated carbocycles. The van der Waals surface area contributed by atoms with Crippen LogP contribution >= 0.6 is 15.9 Å². The van der Waals surface area contributed by atoms with Gasteiger partial charge in [-0.15, -0.1) is 0 Å². The fourth-order valence-corrected chi connectivity index (χ4v) is 2.17. The molecule has 0 atom stereocenters. The molecule has 2 rings (SSSR count). The van der Waals surface area contributed by atoms with Crippen molar-refractivity contribution >= 4 is 27.0 Å². The molecule has 0 saturated heterocycles. The summed E-state index contributed by atoms with van der Waals surface area (Å²) >= 11 is 3.40. The topological polar surface area (TPSA) is 44.2 Å². The maximum Gasteiger partial charge on any atom is 0.163 e. The fraction of sp³-hybridized carbons (Fsp3) is 0.333. The van der Waals surface area contributed by atoms with E-state index in [0.717, 1.165) is 22.4 Å². The number of aromatic nitrogens is 2. The van der Waals surface area contributed by atoms with Crippen LogP contribution in [-0.4, -0.2) is 24.2 Å². The van der Waals surface area contributed by atoms with Crippen LogP contribution in [0.3, 0.4) is 0 Å². The van der Waals surface area contributed by atoms with E-state index in [2.05, 4.69) is 25.9 Å². The summed E-state index contributed by atoms with van der Waals surface area (Å²) < 4.78 is 10.5. The van der Waals surface area contributed by atoms with Crippen LogP contribution in [0, 0.1) is 6.92 Å². The predicted molar refractivity (Wildman–Crippen MR) is 70.0 cm³/mol. The normalized spacial score (nSPS) is 10.6. The minimum Gasteiger partial charge on any atom is -0.493 e. The van der Waals surface area contributed by atoms with Gasteiger partial charge in [-0.05, 0) is 6.92 Å². The summed E-state index contributed by atoms with van der Waals surface area (Å²) in [6.07, 6.45) is 0. The highest BCUT2D eigenvalue weighted by molar-refractivity contribution is 9.08. The molecule has 0 radical (unpaired) electrons. The molecule has 0 fully saturated rings. The third-order valence-corrected chi connectivity index (χ3v) is 3.10. The Balaban J connectivity index is 2.70. The Labute approximate surface area is 108 Å². The average Bonchev–Trinajstić information content (AvgIpc) is 2.36. The summed E-state index contributed by atoms with van der Waals surface area (Å²) in [7, 11) is 3.22. The van der Waals surface area contributed by atoms with Crippen molar-refractivity contribution in [1.29, 1.82) is 0 Å². The Hall–Kier alpha value is -1.36. The molecule has 1 heterocycles. The van der Waals surface area contributed by atoms with E-state index in [4.69, 9.17) is 9.47 Å². The zero-order chi connectivity index (χ0) is 12.4. The molecule has 4 nitrogen and oxygen atoms in total.